The van der Waals surface area contributed by atoms with E-state index in [4.69, 9.17) is 15.9 Å². The summed E-state index contributed by atoms with van der Waals surface area (Å²) in [6.07, 6.45) is 6.88. The Labute approximate surface area is 172 Å². The third-order valence-corrected chi connectivity index (χ3v) is 5.45. The molecule has 3 rings (SSSR count). The topological polar surface area (TPSA) is 99.5 Å². The fourth-order valence-electron chi connectivity index (χ4n) is 3.04. The number of carbonyl (C=O) groups is 2. The average Bonchev–Trinajstić information content (AvgIpc) is 3.25. The second-order valence-corrected chi connectivity index (χ2v) is 7.38. The number of rotatable bonds is 7. The van der Waals surface area contributed by atoms with E-state index in [0.29, 0.717) is 34.8 Å². The summed E-state index contributed by atoms with van der Waals surface area (Å²) in [5.41, 5.74) is 0.424. The molecule has 1 saturated heterocycles. The number of esters is 1. The van der Waals surface area contributed by atoms with E-state index < -0.39 is 5.97 Å². The molecule has 1 fully saturated rings. The highest BCUT2D eigenvalue weighted by molar-refractivity contribution is 7.99. The van der Waals surface area contributed by atoms with Crippen LogP contribution in [0.5, 0.6) is 0 Å². The van der Waals surface area contributed by atoms with Gasteiger partial charge >= 0.3 is 5.97 Å². The number of hydrogen-bond acceptors (Lipinski definition) is 7. The maximum atomic E-state index is 13.1. The van der Waals surface area contributed by atoms with Crippen LogP contribution in [0.1, 0.15) is 23.2 Å². The number of aromatic nitrogens is 2. The molecular formula is C20H21N3O5S. The molecule has 1 amide bonds. The van der Waals surface area contributed by atoms with Gasteiger partial charge in [0.05, 0.1) is 48.5 Å². The van der Waals surface area contributed by atoms with Gasteiger partial charge < -0.3 is 14.8 Å². The molecule has 0 radical (unpaired) electrons. The van der Waals surface area contributed by atoms with Crippen molar-refractivity contribution < 1.29 is 19.1 Å². The van der Waals surface area contributed by atoms with Gasteiger partial charge in [-0.25, -0.2) is 9.78 Å². The van der Waals surface area contributed by atoms with Crippen LogP contribution < -0.4 is 10.9 Å². The van der Waals surface area contributed by atoms with Crippen molar-refractivity contribution >= 4 is 34.5 Å². The van der Waals surface area contributed by atoms with E-state index in [1.54, 1.807) is 6.07 Å². The highest BCUT2D eigenvalue weighted by atomic mass is 32.2. The summed E-state index contributed by atoms with van der Waals surface area (Å²) in [4.78, 5) is 41.4. The summed E-state index contributed by atoms with van der Waals surface area (Å²) in [6.45, 7) is 1.16. The van der Waals surface area contributed by atoms with Crippen LogP contribution in [-0.2, 0) is 20.8 Å². The zero-order valence-corrected chi connectivity index (χ0v) is 16.8. The number of amides is 1. The molecule has 1 atom stereocenters. The zero-order valence-electron chi connectivity index (χ0n) is 16.0. The van der Waals surface area contributed by atoms with Gasteiger partial charge in [-0.05, 0) is 31.0 Å². The van der Waals surface area contributed by atoms with Crippen molar-refractivity contribution in [2.45, 2.75) is 30.6 Å². The van der Waals surface area contributed by atoms with Gasteiger partial charge in [-0.2, -0.15) is 0 Å². The molecule has 0 bridgehead atoms. The van der Waals surface area contributed by atoms with Crippen LogP contribution >= 0.6 is 11.8 Å². The Hall–Kier alpha value is -2.83. The number of carbonyl (C=O) groups excluding carboxylic acids is 2. The maximum absolute atomic E-state index is 13.1. The summed E-state index contributed by atoms with van der Waals surface area (Å²) in [5.74, 6) is 1.63. The minimum atomic E-state index is -0.514. The van der Waals surface area contributed by atoms with Crippen molar-refractivity contribution in [3.63, 3.8) is 0 Å². The quantitative estimate of drug-likeness (QED) is 0.314. The van der Waals surface area contributed by atoms with Gasteiger partial charge in [0.15, 0.2) is 5.16 Å². The van der Waals surface area contributed by atoms with Gasteiger partial charge in [0.2, 0.25) is 5.91 Å². The van der Waals surface area contributed by atoms with E-state index >= 15 is 0 Å². The van der Waals surface area contributed by atoms with Gasteiger partial charge in [0.1, 0.15) is 0 Å². The SMILES string of the molecule is C#CCNC(=O)CSc1nc2cc(C(=O)OC)ccc2c(=O)n1C[C@H]1CCCO1. The molecule has 0 spiro atoms. The van der Waals surface area contributed by atoms with Crippen molar-refractivity contribution in [3.8, 4) is 12.3 Å². The Morgan fingerprint density at radius 2 is 2.31 bits per heavy atom. The first-order valence-electron chi connectivity index (χ1n) is 9.11. The van der Waals surface area contributed by atoms with Crippen LogP contribution in [0.15, 0.2) is 28.2 Å². The normalized spacial score (nSPS) is 15.8. The number of fused-ring (bicyclic) bond motifs is 1. The summed E-state index contributed by atoms with van der Waals surface area (Å²) in [6, 6.07) is 4.62. The monoisotopic (exact) mass is 415 g/mol. The first-order valence-corrected chi connectivity index (χ1v) is 10.1. The first-order chi connectivity index (χ1) is 14.0. The molecular weight excluding hydrogens is 394 g/mol. The Bertz CT molecular complexity index is 1020. The van der Waals surface area contributed by atoms with Crippen LogP contribution in [-0.4, -0.2) is 53.5 Å². The van der Waals surface area contributed by atoms with Crippen LogP contribution in [0.2, 0.25) is 0 Å². The van der Waals surface area contributed by atoms with Gasteiger partial charge in [-0.1, -0.05) is 17.7 Å². The van der Waals surface area contributed by atoms with Crippen molar-refractivity contribution in [1.29, 1.82) is 0 Å². The standard InChI is InChI=1S/C20H21N3O5S/c1-3-8-21-17(24)12-29-20-22-16-10-13(19(26)27-2)6-7-15(16)18(25)23(20)11-14-5-4-9-28-14/h1,6-7,10,14H,4-5,8-9,11-12H2,2H3,(H,21,24)/t14-/m1/s1. The molecule has 0 unspecified atom stereocenters. The van der Waals surface area contributed by atoms with Gasteiger partial charge in [0.25, 0.3) is 5.56 Å². The van der Waals surface area contributed by atoms with E-state index in [9.17, 15) is 14.4 Å². The molecule has 29 heavy (non-hydrogen) atoms. The smallest absolute Gasteiger partial charge is 0.337 e. The van der Waals surface area contributed by atoms with Crippen LogP contribution in [0, 0.1) is 12.3 Å². The van der Waals surface area contributed by atoms with E-state index in [2.05, 4.69) is 16.2 Å². The number of nitrogens with zero attached hydrogens (tertiary/aromatic N) is 2. The molecule has 1 aliphatic rings. The zero-order chi connectivity index (χ0) is 20.8. The Balaban J connectivity index is 1.98. The molecule has 1 aromatic heterocycles. The molecule has 0 aliphatic carbocycles. The number of nitrogens with one attached hydrogen (secondary N) is 1. The molecule has 152 valence electrons. The van der Waals surface area contributed by atoms with E-state index in [-0.39, 0.29) is 29.9 Å². The Kier molecular flexibility index (Phi) is 6.90. The average molecular weight is 415 g/mol. The second kappa shape index (κ2) is 9.58. The van der Waals surface area contributed by atoms with E-state index in [0.717, 1.165) is 24.6 Å². The van der Waals surface area contributed by atoms with Gasteiger partial charge in [-0.15, -0.1) is 6.42 Å². The lowest BCUT2D eigenvalue weighted by Crippen LogP contribution is -2.30. The van der Waals surface area contributed by atoms with E-state index in [1.165, 1.54) is 23.8 Å². The predicted molar refractivity (Wildman–Crippen MR) is 109 cm³/mol. The highest BCUT2D eigenvalue weighted by Gasteiger charge is 2.21. The number of hydrogen-bond donors (Lipinski definition) is 1. The largest absolute Gasteiger partial charge is 0.465 e. The maximum Gasteiger partial charge on any atom is 0.337 e. The summed E-state index contributed by atoms with van der Waals surface area (Å²) in [5, 5.41) is 3.35. The number of ether oxygens (including phenoxy) is 2. The van der Waals surface area contributed by atoms with Crippen molar-refractivity contribution in [1.82, 2.24) is 14.9 Å². The molecule has 1 N–H and O–H groups in total. The number of thioether (sulfide) groups is 1. The lowest BCUT2D eigenvalue weighted by atomic mass is 10.1. The molecule has 1 aliphatic heterocycles. The predicted octanol–water partition coefficient (Wildman–Crippen LogP) is 1.20. The molecule has 2 aromatic rings. The minimum Gasteiger partial charge on any atom is -0.465 e. The van der Waals surface area contributed by atoms with Crippen LogP contribution in [0.3, 0.4) is 0 Å². The van der Waals surface area contributed by atoms with Crippen molar-refractivity contribution in [2.75, 3.05) is 26.0 Å². The molecule has 1 aromatic carbocycles. The highest BCUT2D eigenvalue weighted by Crippen LogP contribution is 2.21. The molecule has 8 nitrogen and oxygen atoms in total. The minimum absolute atomic E-state index is 0.0574. The summed E-state index contributed by atoms with van der Waals surface area (Å²) in [7, 11) is 1.29. The lowest BCUT2D eigenvalue weighted by molar-refractivity contribution is -0.118. The van der Waals surface area contributed by atoms with Crippen LogP contribution in [0.25, 0.3) is 10.9 Å². The Morgan fingerprint density at radius 1 is 1.48 bits per heavy atom. The Morgan fingerprint density at radius 3 is 3.00 bits per heavy atom. The summed E-state index contributed by atoms with van der Waals surface area (Å²) < 4.78 is 11.9. The van der Waals surface area contributed by atoms with Crippen LogP contribution in [0.4, 0.5) is 0 Å². The second-order valence-electron chi connectivity index (χ2n) is 6.44. The van der Waals surface area contributed by atoms with Gasteiger partial charge in [-0.3, -0.25) is 14.2 Å². The number of terminal acetylenes is 1. The summed E-state index contributed by atoms with van der Waals surface area (Å²) >= 11 is 1.14. The molecule has 9 heteroatoms. The number of benzene rings is 1. The lowest BCUT2D eigenvalue weighted by Gasteiger charge is -2.16. The number of methoxy groups -OCH3 is 1. The molecule has 2 heterocycles. The fourth-order valence-corrected chi connectivity index (χ4v) is 3.88. The first kappa shape index (κ1) is 20.9. The van der Waals surface area contributed by atoms with Crippen molar-refractivity contribution in [2.24, 2.45) is 0 Å². The van der Waals surface area contributed by atoms with Gasteiger partial charge in [0, 0.05) is 6.61 Å². The third kappa shape index (κ3) is 4.96. The molecule has 0 saturated carbocycles. The third-order valence-electron chi connectivity index (χ3n) is 4.47. The fraction of sp³-hybridized carbons (Fsp3) is 0.400. The van der Waals surface area contributed by atoms with E-state index in [1.807, 2.05) is 0 Å². The van der Waals surface area contributed by atoms with Crippen molar-refractivity contribution in [3.05, 3.63) is 34.1 Å².